The van der Waals surface area contributed by atoms with Crippen LogP contribution in [-0.2, 0) is 0 Å². The van der Waals surface area contributed by atoms with Gasteiger partial charge < -0.3 is 10.3 Å². The number of H-pyrrole nitrogens is 1. The molecule has 2 rings (SSSR count). The van der Waals surface area contributed by atoms with Crippen LogP contribution in [0.5, 0.6) is 0 Å². The maximum absolute atomic E-state index is 11.8. The number of aryl methyl sites for hydroxylation is 1. The average Bonchev–Trinajstić information content (AvgIpc) is 2.43. The molecule has 0 spiro atoms. The first-order valence-corrected chi connectivity index (χ1v) is 6.60. The van der Waals surface area contributed by atoms with Crippen LogP contribution in [0.1, 0.15) is 44.0 Å². The van der Waals surface area contributed by atoms with Gasteiger partial charge in [0, 0.05) is 34.9 Å². The monoisotopic (exact) mass is 285 g/mol. The molecule has 0 aliphatic rings. The number of hydrogen-bond acceptors (Lipinski definition) is 3. The number of hydrogen-bond donors (Lipinski definition) is 2. The smallest absolute Gasteiger partial charge is 0.251 e. The third-order valence-electron chi connectivity index (χ3n) is 3.18. The lowest BCUT2D eigenvalue weighted by molar-refractivity contribution is 0.816. The maximum Gasteiger partial charge on any atom is 0.251 e. The molecular weight excluding hydrogens is 262 g/mol. The van der Waals surface area contributed by atoms with Gasteiger partial charge in [0.15, 0.2) is 0 Å². The molecule has 0 saturated heterocycles. The molecule has 4 nitrogen and oxygen atoms in total. The van der Waals surface area contributed by atoms with E-state index in [1.807, 2.05) is 26.0 Å². The predicted molar refractivity (Wildman–Crippen MR) is 90.2 cm³/mol. The Morgan fingerprint density at radius 3 is 2.71 bits per heavy atom. The van der Waals surface area contributed by atoms with Gasteiger partial charge in [-0.3, -0.25) is 9.78 Å². The Balaban J connectivity index is 0.00000220. The van der Waals surface area contributed by atoms with Gasteiger partial charge in [-0.15, -0.1) is 0 Å². The van der Waals surface area contributed by atoms with Gasteiger partial charge in [-0.2, -0.15) is 0 Å². The van der Waals surface area contributed by atoms with E-state index in [4.69, 9.17) is 0 Å². The summed E-state index contributed by atoms with van der Waals surface area (Å²) in [4.78, 5) is 18.8. The second-order valence-electron chi connectivity index (χ2n) is 5.06. The van der Waals surface area contributed by atoms with Crippen molar-refractivity contribution in [3.63, 3.8) is 0 Å². The molecular formula is C17H23N3O. The molecule has 0 bridgehead atoms. The molecule has 0 aromatic carbocycles. The summed E-state index contributed by atoms with van der Waals surface area (Å²) in [7, 11) is 0. The molecule has 0 amide bonds. The minimum absolute atomic E-state index is 0. The Hall–Kier alpha value is -2.36. The van der Waals surface area contributed by atoms with Crippen molar-refractivity contribution < 1.29 is 0 Å². The van der Waals surface area contributed by atoms with E-state index in [1.54, 1.807) is 25.4 Å². The van der Waals surface area contributed by atoms with Gasteiger partial charge in [0.1, 0.15) is 0 Å². The zero-order chi connectivity index (χ0) is 14.7. The van der Waals surface area contributed by atoms with Crippen LogP contribution in [0, 0.1) is 6.92 Å². The second kappa shape index (κ2) is 6.88. The van der Waals surface area contributed by atoms with Gasteiger partial charge in [0.2, 0.25) is 0 Å². The van der Waals surface area contributed by atoms with Gasteiger partial charge in [0.25, 0.3) is 5.56 Å². The zero-order valence-corrected chi connectivity index (χ0v) is 12.0. The first-order valence-electron chi connectivity index (χ1n) is 6.60. The summed E-state index contributed by atoms with van der Waals surface area (Å²) in [6.45, 7) is 9.68. The van der Waals surface area contributed by atoms with E-state index >= 15 is 0 Å². The molecule has 0 radical (unpaired) electrons. The molecule has 0 atom stereocenters. The van der Waals surface area contributed by atoms with Gasteiger partial charge >= 0.3 is 0 Å². The number of nitrogens with zero attached hydrogens (tertiary/aromatic N) is 1. The fraction of sp³-hybridized carbons (Fsp3) is 0.294. The van der Waals surface area contributed by atoms with E-state index in [0.717, 1.165) is 22.6 Å². The highest BCUT2D eigenvalue weighted by atomic mass is 16.1. The summed E-state index contributed by atoms with van der Waals surface area (Å²) in [5.41, 5.74) is 4.29. The van der Waals surface area contributed by atoms with Crippen molar-refractivity contribution >= 4 is 17.5 Å². The number of pyridine rings is 2. The predicted octanol–water partition coefficient (Wildman–Crippen LogP) is 4.22. The highest BCUT2D eigenvalue weighted by Crippen LogP contribution is 2.26. The highest BCUT2D eigenvalue weighted by molar-refractivity contribution is 5.71. The number of rotatable bonds is 4. The summed E-state index contributed by atoms with van der Waals surface area (Å²) in [5.74, 6) is 0.222. The summed E-state index contributed by atoms with van der Waals surface area (Å²) in [5, 5.41) is 3.36. The van der Waals surface area contributed by atoms with Gasteiger partial charge in [-0.05, 0) is 25.0 Å². The molecule has 0 aliphatic heterocycles. The Bertz CT molecular complexity index is 687. The summed E-state index contributed by atoms with van der Waals surface area (Å²) in [6, 6.07) is 3.77. The van der Waals surface area contributed by atoms with Crippen molar-refractivity contribution in [1.29, 1.82) is 0 Å². The van der Waals surface area contributed by atoms with Gasteiger partial charge in [-0.25, -0.2) is 0 Å². The lowest BCUT2D eigenvalue weighted by Gasteiger charge is -2.16. The van der Waals surface area contributed by atoms with Crippen LogP contribution in [0.4, 0.5) is 11.4 Å². The first-order chi connectivity index (χ1) is 9.52. The number of anilines is 2. The number of aromatic nitrogens is 2. The molecule has 0 saturated carbocycles. The molecule has 2 aromatic rings. The number of nitrogens with one attached hydrogen (secondary N) is 2. The van der Waals surface area contributed by atoms with Crippen LogP contribution in [-0.4, -0.2) is 9.97 Å². The van der Waals surface area contributed by atoms with E-state index in [2.05, 4.69) is 21.9 Å². The Morgan fingerprint density at radius 1 is 1.38 bits per heavy atom. The zero-order valence-electron chi connectivity index (χ0n) is 12.0. The van der Waals surface area contributed by atoms with E-state index in [1.165, 1.54) is 0 Å². The lowest BCUT2D eigenvalue weighted by Crippen LogP contribution is -2.15. The molecule has 21 heavy (non-hydrogen) atoms. The minimum atomic E-state index is -0.0436. The van der Waals surface area contributed by atoms with Crippen molar-refractivity contribution in [2.24, 2.45) is 0 Å². The summed E-state index contributed by atoms with van der Waals surface area (Å²) < 4.78 is 0. The van der Waals surface area contributed by atoms with Crippen LogP contribution >= 0.6 is 0 Å². The van der Waals surface area contributed by atoms with E-state index in [9.17, 15) is 4.79 Å². The normalized spacial score (nSPS) is 10.1. The van der Waals surface area contributed by atoms with E-state index in [-0.39, 0.29) is 18.9 Å². The van der Waals surface area contributed by atoms with Gasteiger partial charge in [-0.1, -0.05) is 33.9 Å². The van der Waals surface area contributed by atoms with Crippen LogP contribution in [0.3, 0.4) is 0 Å². The van der Waals surface area contributed by atoms with Crippen molar-refractivity contribution in [2.75, 3.05) is 5.32 Å². The highest BCUT2D eigenvalue weighted by Gasteiger charge is 2.11. The molecule has 0 fully saturated rings. The van der Waals surface area contributed by atoms with Crippen LogP contribution < -0.4 is 10.9 Å². The summed E-state index contributed by atoms with van der Waals surface area (Å²) in [6.07, 6.45) is 5.23. The van der Waals surface area contributed by atoms with Crippen molar-refractivity contribution in [3.05, 3.63) is 58.3 Å². The lowest BCUT2D eigenvalue weighted by atomic mass is 10.1. The molecule has 4 heteroatoms. The molecule has 112 valence electrons. The van der Waals surface area contributed by atoms with Crippen LogP contribution in [0.2, 0.25) is 0 Å². The average molecular weight is 285 g/mol. The number of aromatic amines is 1. The third-order valence-corrected chi connectivity index (χ3v) is 3.18. The molecule has 0 unspecified atom stereocenters. The van der Waals surface area contributed by atoms with Crippen molar-refractivity contribution in [2.45, 2.75) is 34.1 Å². The Morgan fingerprint density at radius 2 is 2.10 bits per heavy atom. The Labute approximate surface area is 126 Å². The SMILES string of the molecule is C.C=Cc1cnccc1Nc1cc(C)c(=O)[nH]c1C(C)C. The molecule has 2 heterocycles. The van der Waals surface area contributed by atoms with Crippen molar-refractivity contribution in [3.8, 4) is 0 Å². The largest absolute Gasteiger partial charge is 0.354 e. The maximum atomic E-state index is 11.8. The van der Waals surface area contributed by atoms with Crippen LogP contribution in [0.15, 0.2) is 35.9 Å². The Kier molecular flexibility index (Phi) is 5.47. The van der Waals surface area contributed by atoms with E-state index in [0.29, 0.717) is 5.56 Å². The molecule has 2 N–H and O–H groups in total. The fourth-order valence-electron chi connectivity index (χ4n) is 2.04. The second-order valence-corrected chi connectivity index (χ2v) is 5.06. The summed E-state index contributed by atoms with van der Waals surface area (Å²) >= 11 is 0. The third kappa shape index (κ3) is 3.60. The fourth-order valence-corrected chi connectivity index (χ4v) is 2.04. The molecule has 0 aliphatic carbocycles. The first kappa shape index (κ1) is 16.7. The standard InChI is InChI=1S/C16H19N3O.CH4/c1-5-12-9-17-7-6-13(12)18-14-8-11(4)16(20)19-15(14)10(2)3;/h5-10H,1H2,2-4H3,(H,17,18)(H,19,20);1H4. The molecule has 2 aromatic heterocycles. The van der Waals surface area contributed by atoms with Gasteiger partial charge in [0.05, 0.1) is 5.69 Å². The quantitative estimate of drug-likeness (QED) is 0.884. The minimum Gasteiger partial charge on any atom is -0.354 e. The van der Waals surface area contributed by atoms with Crippen molar-refractivity contribution in [1.82, 2.24) is 9.97 Å². The van der Waals surface area contributed by atoms with Crippen LogP contribution in [0.25, 0.3) is 6.08 Å². The van der Waals surface area contributed by atoms with E-state index < -0.39 is 0 Å². The topological polar surface area (TPSA) is 57.8 Å².